The Morgan fingerprint density at radius 1 is 1.10 bits per heavy atom. The van der Waals surface area contributed by atoms with Crippen LogP contribution in [0.2, 0.25) is 0 Å². The third kappa shape index (κ3) is 5.37. The molecule has 0 spiro atoms. The Bertz CT molecular complexity index is 469. The van der Waals surface area contributed by atoms with Gasteiger partial charge in [-0.15, -0.1) is 0 Å². The number of carbonyl (C=O) groups excluding carboxylic acids is 1. The summed E-state index contributed by atoms with van der Waals surface area (Å²) in [6.45, 7) is -2.51. The minimum atomic E-state index is -4.68. The van der Waals surface area contributed by atoms with Gasteiger partial charge in [-0.1, -0.05) is 12.1 Å². The van der Waals surface area contributed by atoms with Crippen molar-refractivity contribution in [2.75, 3.05) is 13.2 Å². The Labute approximate surface area is 109 Å². The molecule has 0 aliphatic rings. The van der Waals surface area contributed by atoms with E-state index in [0.717, 1.165) is 18.2 Å². The molecule has 1 aromatic rings. The Kier molecular flexibility index (Phi) is 4.85. The maximum Gasteiger partial charge on any atom is 0.419 e. The number of nitrogens with one attached hydrogen (secondary N) is 1. The van der Waals surface area contributed by atoms with E-state index in [2.05, 4.69) is 4.74 Å². The number of carbonyl (C=O) groups is 1. The molecule has 0 bridgehead atoms. The highest BCUT2D eigenvalue weighted by Crippen LogP contribution is 2.35. The zero-order valence-corrected chi connectivity index (χ0v) is 9.81. The van der Waals surface area contributed by atoms with Gasteiger partial charge in [-0.25, -0.2) is 0 Å². The minimum Gasteiger partial charge on any atom is -0.483 e. The van der Waals surface area contributed by atoms with E-state index in [0.29, 0.717) is 0 Å². The molecule has 112 valence electrons. The van der Waals surface area contributed by atoms with Crippen LogP contribution in [0.15, 0.2) is 24.3 Å². The van der Waals surface area contributed by atoms with Crippen LogP contribution in [0.3, 0.4) is 0 Å². The topological polar surface area (TPSA) is 38.3 Å². The molecule has 0 fully saturated rings. The molecule has 0 aliphatic heterocycles. The second-order valence-electron chi connectivity index (χ2n) is 3.67. The van der Waals surface area contributed by atoms with Crippen molar-refractivity contribution in [1.82, 2.24) is 5.32 Å². The summed E-state index contributed by atoms with van der Waals surface area (Å²) in [5.74, 6) is -1.79. The molecular weight excluding hydrogens is 292 g/mol. The van der Waals surface area contributed by atoms with Crippen molar-refractivity contribution >= 4 is 5.91 Å². The number of rotatable bonds is 4. The van der Waals surface area contributed by atoms with E-state index in [1.165, 1.54) is 11.4 Å². The van der Waals surface area contributed by atoms with Crippen LogP contribution in [0.1, 0.15) is 5.56 Å². The number of hydrogen-bond acceptors (Lipinski definition) is 2. The normalized spacial score (nSPS) is 12.1. The molecule has 9 heteroatoms. The highest BCUT2D eigenvalue weighted by Gasteiger charge is 2.34. The highest BCUT2D eigenvalue weighted by atomic mass is 19.4. The summed E-state index contributed by atoms with van der Waals surface area (Å²) >= 11 is 0. The molecule has 0 aliphatic carbocycles. The Balaban J connectivity index is 2.60. The van der Waals surface area contributed by atoms with Gasteiger partial charge in [-0.3, -0.25) is 4.79 Å². The van der Waals surface area contributed by atoms with E-state index in [1.54, 1.807) is 0 Å². The molecule has 0 saturated carbocycles. The van der Waals surface area contributed by atoms with Crippen LogP contribution in [0.5, 0.6) is 5.75 Å². The molecule has 0 heterocycles. The molecule has 20 heavy (non-hydrogen) atoms. The summed E-state index contributed by atoms with van der Waals surface area (Å²) < 4.78 is 77.6. The van der Waals surface area contributed by atoms with E-state index >= 15 is 0 Å². The van der Waals surface area contributed by atoms with Crippen LogP contribution in [0.25, 0.3) is 0 Å². The Hall–Kier alpha value is -1.93. The van der Waals surface area contributed by atoms with Gasteiger partial charge < -0.3 is 10.1 Å². The summed E-state index contributed by atoms with van der Waals surface area (Å²) in [5, 5.41) is 1.48. The molecule has 3 nitrogen and oxygen atoms in total. The van der Waals surface area contributed by atoms with Gasteiger partial charge in [0.25, 0.3) is 5.91 Å². The molecule has 0 unspecified atom stereocenters. The second-order valence-corrected chi connectivity index (χ2v) is 3.67. The number of amides is 1. The van der Waals surface area contributed by atoms with Gasteiger partial charge in [0, 0.05) is 0 Å². The van der Waals surface area contributed by atoms with Gasteiger partial charge in [0.2, 0.25) is 0 Å². The minimum absolute atomic E-state index is 0.623. The smallest absolute Gasteiger partial charge is 0.419 e. The summed E-state index contributed by atoms with van der Waals surface area (Å²) in [7, 11) is 0. The van der Waals surface area contributed by atoms with Crippen LogP contribution in [-0.4, -0.2) is 25.2 Å². The Morgan fingerprint density at radius 3 is 2.25 bits per heavy atom. The number of benzene rings is 1. The summed E-state index contributed by atoms with van der Waals surface area (Å²) in [6, 6.07) is 4.08. The van der Waals surface area contributed by atoms with Crippen molar-refractivity contribution in [3.63, 3.8) is 0 Å². The first-order valence-corrected chi connectivity index (χ1v) is 5.22. The highest BCUT2D eigenvalue weighted by molar-refractivity contribution is 5.77. The lowest BCUT2D eigenvalue weighted by atomic mass is 10.2. The third-order valence-electron chi connectivity index (χ3n) is 2.04. The fourth-order valence-corrected chi connectivity index (χ4v) is 1.22. The zero-order valence-electron chi connectivity index (χ0n) is 9.81. The predicted molar refractivity (Wildman–Crippen MR) is 56.0 cm³/mol. The van der Waals surface area contributed by atoms with Crippen molar-refractivity contribution in [3.8, 4) is 5.75 Å². The summed E-state index contributed by atoms with van der Waals surface area (Å²) in [4.78, 5) is 11.0. The summed E-state index contributed by atoms with van der Waals surface area (Å²) in [5.41, 5.74) is -1.11. The van der Waals surface area contributed by atoms with Crippen LogP contribution in [-0.2, 0) is 11.0 Å². The fraction of sp³-hybridized carbons (Fsp3) is 0.364. The molecule has 1 aromatic carbocycles. The maximum absolute atomic E-state index is 12.5. The third-order valence-corrected chi connectivity index (χ3v) is 2.04. The molecule has 0 aromatic heterocycles. The van der Waals surface area contributed by atoms with Gasteiger partial charge in [-0.05, 0) is 12.1 Å². The van der Waals surface area contributed by atoms with Crippen molar-refractivity contribution in [3.05, 3.63) is 29.8 Å². The van der Waals surface area contributed by atoms with E-state index in [1.807, 2.05) is 0 Å². The number of para-hydroxylation sites is 1. The van der Waals surface area contributed by atoms with Gasteiger partial charge >= 0.3 is 12.4 Å². The molecule has 1 N–H and O–H groups in total. The van der Waals surface area contributed by atoms with Gasteiger partial charge in [0.15, 0.2) is 6.61 Å². The lowest BCUT2D eigenvalue weighted by Gasteiger charge is -2.14. The van der Waals surface area contributed by atoms with Crippen LogP contribution < -0.4 is 10.1 Å². The molecule has 0 radical (unpaired) electrons. The number of hydrogen-bond donors (Lipinski definition) is 1. The monoisotopic (exact) mass is 301 g/mol. The van der Waals surface area contributed by atoms with Crippen LogP contribution >= 0.6 is 0 Å². The predicted octanol–water partition coefficient (Wildman–Crippen LogP) is 2.76. The fourth-order valence-electron chi connectivity index (χ4n) is 1.22. The average Bonchev–Trinajstić information content (AvgIpc) is 2.32. The van der Waals surface area contributed by atoms with Crippen molar-refractivity contribution in [1.29, 1.82) is 0 Å². The van der Waals surface area contributed by atoms with Gasteiger partial charge in [0.05, 0.1) is 5.56 Å². The number of halogens is 6. The molecule has 0 atom stereocenters. The molecule has 1 amide bonds. The maximum atomic E-state index is 12.5. The van der Waals surface area contributed by atoms with E-state index in [4.69, 9.17) is 0 Å². The van der Waals surface area contributed by atoms with Crippen LogP contribution in [0.4, 0.5) is 26.3 Å². The number of ether oxygens (including phenoxy) is 1. The second kappa shape index (κ2) is 6.02. The first-order chi connectivity index (χ1) is 9.09. The lowest BCUT2D eigenvalue weighted by molar-refractivity contribution is -0.141. The summed E-state index contributed by atoms with van der Waals surface area (Å²) in [6.07, 6.45) is -9.28. The van der Waals surface area contributed by atoms with E-state index in [-0.39, 0.29) is 0 Å². The quantitative estimate of drug-likeness (QED) is 0.869. The standard InChI is InChI=1S/C11H9F6NO2/c12-10(13,14)6-18-9(19)5-20-8-4-2-1-3-7(8)11(15,16)17/h1-4H,5-6H2,(H,18,19). The van der Waals surface area contributed by atoms with E-state index < -0.39 is 42.7 Å². The molecule has 0 saturated heterocycles. The Morgan fingerprint density at radius 2 is 1.70 bits per heavy atom. The lowest BCUT2D eigenvalue weighted by Crippen LogP contribution is -2.36. The number of alkyl halides is 6. The van der Waals surface area contributed by atoms with Crippen molar-refractivity contribution in [2.45, 2.75) is 12.4 Å². The average molecular weight is 301 g/mol. The van der Waals surface area contributed by atoms with Crippen molar-refractivity contribution < 1.29 is 35.9 Å². The molecular formula is C11H9F6NO2. The zero-order chi connectivity index (χ0) is 15.4. The van der Waals surface area contributed by atoms with Gasteiger partial charge in [0.1, 0.15) is 12.3 Å². The molecule has 1 rings (SSSR count). The largest absolute Gasteiger partial charge is 0.483 e. The van der Waals surface area contributed by atoms with Gasteiger partial charge in [-0.2, -0.15) is 26.3 Å². The first-order valence-electron chi connectivity index (χ1n) is 5.22. The van der Waals surface area contributed by atoms with E-state index in [9.17, 15) is 31.1 Å². The SMILES string of the molecule is O=C(COc1ccccc1C(F)(F)F)NCC(F)(F)F. The van der Waals surface area contributed by atoms with Crippen molar-refractivity contribution in [2.24, 2.45) is 0 Å². The first kappa shape index (κ1) is 16.1. The van der Waals surface area contributed by atoms with Crippen LogP contribution in [0, 0.1) is 0 Å².